The molecule has 0 amide bonds. The molecule has 1 aliphatic rings. The minimum Gasteiger partial charge on any atom is -0.748 e. The Morgan fingerprint density at radius 2 is 1.88 bits per heavy atom. The van der Waals surface area contributed by atoms with Gasteiger partial charge in [0.2, 0.25) is 0 Å². The number of hydrogen-bond donors (Lipinski definition) is 2. The van der Waals surface area contributed by atoms with Crippen LogP contribution >= 0.6 is 0 Å². The summed E-state index contributed by atoms with van der Waals surface area (Å²) in [4.78, 5) is 0. The van der Waals surface area contributed by atoms with Crippen LogP contribution in [0.3, 0.4) is 0 Å². The summed E-state index contributed by atoms with van der Waals surface area (Å²) in [6.45, 7) is 0.629. The Morgan fingerprint density at radius 3 is 2.00 bits per heavy atom. The van der Waals surface area contributed by atoms with Gasteiger partial charge in [0, 0.05) is 5.75 Å². The summed E-state index contributed by atoms with van der Waals surface area (Å²) >= 11 is 0. The molecule has 8 nitrogen and oxygen atoms in total. The van der Waals surface area contributed by atoms with Gasteiger partial charge in [-0.3, -0.25) is 4.18 Å². The topological polar surface area (TPSA) is 162 Å². The third-order valence-corrected chi connectivity index (χ3v) is 3.50. The Kier molecular flexibility index (Phi) is 14.3. The Balaban J connectivity index is -0.000000207. The van der Waals surface area contributed by atoms with Crippen LogP contribution in [-0.4, -0.2) is 46.0 Å². The molecule has 100 valence electrons. The van der Waals surface area contributed by atoms with Gasteiger partial charge in [-0.15, -0.1) is 0 Å². The van der Waals surface area contributed by atoms with E-state index in [1.54, 1.807) is 0 Å². The van der Waals surface area contributed by atoms with Crippen LogP contribution in [0, 0.1) is 0 Å². The molecule has 0 radical (unpaired) electrons. The van der Waals surface area contributed by atoms with Crippen molar-refractivity contribution in [2.45, 2.75) is 12.8 Å². The first-order chi connectivity index (χ1) is 6.77. The van der Waals surface area contributed by atoms with Crippen LogP contribution in [0.4, 0.5) is 0 Å². The van der Waals surface area contributed by atoms with Crippen LogP contribution in [-0.2, 0) is 24.4 Å². The minimum atomic E-state index is -4.02. The molecule has 1 aliphatic heterocycles. The molecule has 5 N–H and O–H groups in total. The van der Waals surface area contributed by atoms with E-state index in [0.29, 0.717) is 13.0 Å². The second-order valence-electron chi connectivity index (χ2n) is 2.84. The summed E-state index contributed by atoms with van der Waals surface area (Å²) in [5.74, 6) is -0.142. The van der Waals surface area contributed by atoms with E-state index in [-0.39, 0.29) is 60.2 Å². The van der Waals surface area contributed by atoms with Gasteiger partial charge in [0.15, 0.2) is 0 Å². The summed E-state index contributed by atoms with van der Waals surface area (Å²) in [5.41, 5.74) is 4.93. The van der Waals surface area contributed by atoms with E-state index in [1.807, 2.05) is 0 Å². The molecule has 1 saturated heterocycles. The molecule has 11 heteroatoms. The molecule has 1 heterocycles. The van der Waals surface area contributed by atoms with Crippen LogP contribution in [0.25, 0.3) is 0 Å². The van der Waals surface area contributed by atoms with E-state index in [2.05, 4.69) is 4.18 Å². The van der Waals surface area contributed by atoms with Crippen molar-refractivity contribution in [3.63, 3.8) is 0 Å². The van der Waals surface area contributed by atoms with Crippen molar-refractivity contribution in [2.24, 2.45) is 5.73 Å². The predicted octanol–water partition coefficient (Wildman–Crippen LogP) is -4.22. The molecule has 0 aromatic carbocycles. The van der Waals surface area contributed by atoms with Crippen LogP contribution in [0.1, 0.15) is 12.8 Å². The second kappa shape index (κ2) is 10.6. The van der Waals surface area contributed by atoms with Crippen LogP contribution in [0.2, 0.25) is 0 Å². The molecule has 0 aromatic rings. The number of hydrogen-bond acceptors (Lipinski definition) is 8. The van der Waals surface area contributed by atoms with Gasteiger partial charge in [-0.2, -0.15) is 8.42 Å². The van der Waals surface area contributed by atoms with Crippen LogP contribution < -0.4 is 41.4 Å². The van der Waals surface area contributed by atoms with E-state index >= 15 is 0 Å². The van der Waals surface area contributed by atoms with E-state index in [9.17, 15) is 21.4 Å². The average Bonchev–Trinajstić information content (AvgIpc) is 2.46. The van der Waals surface area contributed by atoms with Gasteiger partial charge < -0.3 is 16.4 Å². The van der Waals surface area contributed by atoms with Crippen molar-refractivity contribution >= 4 is 20.2 Å². The summed E-state index contributed by atoms with van der Waals surface area (Å²) in [5, 5.41) is 0. The van der Waals surface area contributed by atoms with Crippen molar-refractivity contribution < 1.29 is 55.1 Å². The molecule has 1 fully saturated rings. The molecule has 1 rings (SSSR count). The van der Waals surface area contributed by atoms with Gasteiger partial charge in [0.05, 0.1) is 22.5 Å². The molecule has 0 aromatic heterocycles. The van der Waals surface area contributed by atoms with Crippen molar-refractivity contribution in [1.82, 2.24) is 6.15 Å². The zero-order valence-electron chi connectivity index (χ0n) is 9.79. The maximum absolute atomic E-state index is 10.2. The van der Waals surface area contributed by atoms with Gasteiger partial charge in [0.1, 0.15) is 0 Å². The van der Waals surface area contributed by atoms with Crippen molar-refractivity contribution in [3.05, 3.63) is 0 Å². The molecule has 17 heavy (non-hydrogen) atoms. The van der Waals surface area contributed by atoms with Gasteiger partial charge in [-0.1, -0.05) is 0 Å². The van der Waals surface area contributed by atoms with Crippen molar-refractivity contribution in [1.29, 1.82) is 0 Å². The zero-order chi connectivity index (χ0) is 11.9. The van der Waals surface area contributed by atoms with Gasteiger partial charge in [0.25, 0.3) is 10.1 Å². The smallest absolute Gasteiger partial charge is 0.748 e. The summed E-state index contributed by atoms with van der Waals surface area (Å²) < 4.78 is 54.1. The fourth-order valence-corrected chi connectivity index (χ4v) is 2.22. The number of nitrogens with two attached hydrogens (primary N) is 1. The molecule has 0 spiro atoms. The van der Waals surface area contributed by atoms with E-state index in [0.717, 1.165) is 0 Å². The van der Waals surface area contributed by atoms with Gasteiger partial charge in [-0.05, 0) is 19.4 Å². The van der Waals surface area contributed by atoms with Gasteiger partial charge >= 0.3 is 29.6 Å². The minimum absolute atomic E-state index is 0. The molecule has 0 bridgehead atoms. The maximum atomic E-state index is 10.2. The second-order valence-corrected chi connectivity index (χ2v) is 6.12. The molecular formula is C6H17N2NaO6S2. The monoisotopic (exact) mass is 300 g/mol. The summed E-state index contributed by atoms with van der Waals surface area (Å²) in [6, 6.07) is 0. The Morgan fingerprint density at radius 1 is 1.35 bits per heavy atom. The molecule has 0 atom stereocenters. The molecular weight excluding hydrogens is 283 g/mol. The first-order valence-corrected chi connectivity index (χ1v) is 7.43. The third-order valence-electron chi connectivity index (χ3n) is 1.40. The van der Waals surface area contributed by atoms with Crippen molar-refractivity contribution in [2.75, 3.05) is 24.7 Å². The molecule has 0 aliphatic carbocycles. The fourth-order valence-electron chi connectivity index (χ4n) is 0.741. The standard InChI is InChI=1S/C3H9NO3S.C3H6O3S.H3N.Na/c4-2-1-3-8(5,6)7;4-7(5)3-1-2-6-7;;/h1-4H2,(H,5,6,7);1-3H2;1H3;/q;;;+1/p-1. The molecule has 0 saturated carbocycles. The van der Waals surface area contributed by atoms with Crippen LogP contribution in [0.5, 0.6) is 0 Å². The number of rotatable bonds is 3. The first kappa shape index (κ1) is 22.9. The normalized spacial score (nSPS) is 17.1. The average molecular weight is 300 g/mol. The third kappa shape index (κ3) is 16.7. The SMILES string of the molecule is N.NCCCS(=O)(=O)[O-].O=S1(=O)CCCO1.[Na+]. The summed E-state index contributed by atoms with van der Waals surface area (Å²) in [6.07, 6.45) is 0.911. The van der Waals surface area contributed by atoms with Crippen molar-refractivity contribution in [3.8, 4) is 0 Å². The van der Waals surface area contributed by atoms with E-state index in [1.165, 1.54) is 0 Å². The Labute approximate surface area is 124 Å². The maximum Gasteiger partial charge on any atom is 1.00 e. The van der Waals surface area contributed by atoms with Crippen LogP contribution in [0.15, 0.2) is 0 Å². The fraction of sp³-hybridized carbons (Fsp3) is 1.00. The van der Waals surface area contributed by atoms with E-state index < -0.39 is 20.2 Å². The Hall–Kier alpha value is 0.740. The van der Waals surface area contributed by atoms with E-state index in [4.69, 9.17) is 5.73 Å². The molecule has 0 unspecified atom stereocenters. The predicted molar refractivity (Wildman–Crippen MR) is 57.6 cm³/mol. The Bertz CT molecular complexity index is 356. The quantitative estimate of drug-likeness (QED) is 0.301. The van der Waals surface area contributed by atoms with Gasteiger partial charge in [-0.25, -0.2) is 8.42 Å². The zero-order valence-corrected chi connectivity index (χ0v) is 13.4. The largest absolute Gasteiger partial charge is 1.00 e. The first-order valence-electron chi connectivity index (χ1n) is 4.27. The summed E-state index contributed by atoms with van der Waals surface area (Å²) in [7, 11) is -7.06.